The molecule has 0 aromatic rings. The second kappa shape index (κ2) is 16.0. The van der Waals surface area contributed by atoms with Crippen LogP contribution in [0.5, 0.6) is 0 Å². The van der Waals surface area contributed by atoms with Gasteiger partial charge in [0.05, 0.1) is 13.2 Å². The lowest BCUT2D eigenvalue weighted by molar-refractivity contribution is -0.146. The molecule has 2 N–H and O–H groups in total. The summed E-state index contributed by atoms with van der Waals surface area (Å²) in [5, 5.41) is 0. The molecule has 124 valence electrons. The summed E-state index contributed by atoms with van der Waals surface area (Å²) in [6, 6.07) is 0. The van der Waals surface area contributed by atoms with Gasteiger partial charge < -0.3 is 15.2 Å². The van der Waals surface area contributed by atoms with E-state index in [4.69, 9.17) is 15.2 Å². The molecule has 7 heteroatoms. The predicted molar refractivity (Wildman–Crippen MR) is 89.3 cm³/mol. The molecule has 0 saturated carbocycles. The third-order valence-electron chi connectivity index (χ3n) is 2.50. The van der Waals surface area contributed by atoms with Gasteiger partial charge in [0.1, 0.15) is 0 Å². The van der Waals surface area contributed by atoms with Crippen LogP contribution < -0.4 is 5.73 Å². The van der Waals surface area contributed by atoms with Crippen molar-refractivity contribution < 1.29 is 19.1 Å². The van der Waals surface area contributed by atoms with E-state index in [0.29, 0.717) is 32.5 Å². The quantitative estimate of drug-likeness (QED) is 0.296. The van der Waals surface area contributed by atoms with Gasteiger partial charge in [-0.3, -0.25) is 9.59 Å². The van der Waals surface area contributed by atoms with Crippen molar-refractivity contribution in [3.63, 3.8) is 0 Å². The second-order valence-electron chi connectivity index (χ2n) is 4.39. The van der Waals surface area contributed by atoms with E-state index in [-0.39, 0.29) is 11.9 Å². The molecule has 0 saturated heterocycles. The van der Waals surface area contributed by atoms with Crippen molar-refractivity contribution in [1.29, 1.82) is 0 Å². The van der Waals surface area contributed by atoms with E-state index in [1.54, 1.807) is 17.7 Å². The molecule has 0 rings (SSSR count). The van der Waals surface area contributed by atoms with Gasteiger partial charge in [0.2, 0.25) is 0 Å². The van der Waals surface area contributed by atoms with E-state index < -0.39 is 0 Å². The molecule has 0 fully saturated rings. The smallest absolute Gasteiger partial charge is 0.305 e. The van der Waals surface area contributed by atoms with Gasteiger partial charge in [-0.2, -0.15) is 0 Å². The Kier molecular flexibility index (Phi) is 15.7. The Bertz CT molecular complexity index is 278. The molecule has 0 bridgehead atoms. The predicted octanol–water partition coefficient (Wildman–Crippen LogP) is 2.77. The number of rotatable bonds is 14. The van der Waals surface area contributed by atoms with Crippen LogP contribution in [-0.4, -0.2) is 43.2 Å². The average Bonchev–Trinajstić information content (AvgIpc) is 2.49. The standard InChI is InChI=1S/C14H27NO4S2/c1-2-13(16)18-9-6-10-19-14(17)7-4-3-5-11-20-21-12-8-15/h2-12,15H2,1H3. The number of hydrogen-bond acceptors (Lipinski definition) is 7. The van der Waals surface area contributed by atoms with Gasteiger partial charge in [-0.25, -0.2) is 0 Å². The van der Waals surface area contributed by atoms with Crippen LogP contribution in [0.25, 0.3) is 0 Å². The summed E-state index contributed by atoms with van der Waals surface area (Å²) >= 11 is 0. The van der Waals surface area contributed by atoms with Gasteiger partial charge in [0.15, 0.2) is 0 Å². The fourth-order valence-electron chi connectivity index (χ4n) is 1.38. The van der Waals surface area contributed by atoms with Crippen LogP contribution in [0, 0.1) is 0 Å². The molecule has 0 radical (unpaired) electrons. The second-order valence-corrected chi connectivity index (χ2v) is 7.09. The van der Waals surface area contributed by atoms with Crippen molar-refractivity contribution in [3.8, 4) is 0 Å². The highest BCUT2D eigenvalue weighted by Gasteiger charge is 2.03. The SMILES string of the molecule is CCC(=O)OCCCOC(=O)CCCCCSSCCN. The van der Waals surface area contributed by atoms with Crippen molar-refractivity contribution in [2.24, 2.45) is 5.73 Å². The number of hydrogen-bond donors (Lipinski definition) is 1. The summed E-state index contributed by atoms with van der Waals surface area (Å²) in [6.07, 6.45) is 4.43. The van der Waals surface area contributed by atoms with Crippen LogP contribution in [0.15, 0.2) is 0 Å². The van der Waals surface area contributed by atoms with Crippen molar-refractivity contribution in [3.05, 3.63) is 0 Å². The summed E-state index contributed by atoms with van der Waals surface area (Å²) in [7, 11) is 3.64. The molecule has 0 aliphatic heterocycles. The number of carbonyl (C=O) groups is 2. The fraction of sp³-hybridized carbons (Fsp3) is 0.857. The maximum absolute atomic E-state index is 11.4. The molecule has 0 aromatic carbocycles. The first-order chi connectivity index (χ1) is 10.2. The molecule has 0 unspecified atom stereocenters. The average molecular weight is 338 g/mol. The molecule has 21 heavy (non-hydrogen) atoms. The lowest BCUT2D eigenvalue weighted by Crippen LogP contribution is -2.10. The largest absolute Gasteiger partial charge is 0.466 e. The minimum atomic E-state index is -0.219. The Morgan fingerprint density at radius 1 is 0.905 bits per heavy atom. The van der Waals surface area contributed by atoms with Crippen LogP contribution in [0.1, 0.15) is 45.4 Å². The molecule has 0 heterocycles. The summed E-state index contributed by atoms with van der Waals surface area (Å²) < 4.78 is 9.95. The van der Waals surface area contributed by atoms with E-state index in [1.807, 2.05) is 10.8 Å². The minimum absolute atomic E-state index is 0.165. The Morgan fingerprint density at radius 2 is 1.57 bits per heavy atom. The highest BCUT2D eigenvalue weighted by Crippen LogP contribution is 2.21. The zero-order valence-corrected chi connectivity index (χ0v) is 14.4. The summed E-state index contributed by atoms with van der Waals surface area (Å²) in [6.45, 7) is 3.11. The third-order valence-corrected chi connectivity index (χ3v) is 5.02. The van der Waals surface area contributed by atoms with E-state index in [0.717, 1.165) is 37.3 Å². The molecule has 5 nitrogen and oxygen atoms in total. The number of unbranched alkanes of at least 4 members (excludes halogenated alkanes) is 2. The minimum Gasteiger partial charge on any atom is -0.466 e. The molecule has 0 amide bonds. The van der Waals surface area contributed by atoms with Crippen LogP contribution in [0.4, 0.5) is 0 Å². The Labute approximate surface area is 135 Å². The van der Waals surface area contributed by atoms with Crippen molar-refractivity contribution >= 4 is 33.5 Å². The normalized spacial score (nSPS) is 10.4. The van der Waals surface area contributed by atoms with E-state index in [9.17, 15) is 9.59 Å². The third kappa shape index (κ3) is 15.8. The van der Waals surface area contributed by atoms with Crippen LogP contribution in [0.2, 0.25) is 0 Å². The lowest BCUT2D eigenvalue weighted by Gasteiger charge is -2.05. The fourth-order valence-corrected chi connectivity index (χ4v) is 3.38. The van der Waals surface area contributed by atoms with Crippen molar-refractivity contribution in [2.75, 3.05) is 31.3 Å². The highest BCUT2D eigenvalue weighted by atomic mass is 33.1. The zero-order chi connectivity index (χ0) is 15.8. The number of esters is 2. The first-order valence-corrected chi connectivity index (χ1v) is 9.95. The Morgan fingerprint density at radius 3 is 2.24 bits per heavy atom. The molecular formula is C14H27NO4S2. The summed E-state index contributed by atoms with van der Waals surface area (Å²) in [4.78, 5) is 22.3. The van der Waals surface area contributed by atoms with Gasteiger partial charge in [-0.05, 0) is 12.8 Å². The molecule has 0 aromatic heterocycles. The summed E-state index contributed by atoms with van der Waals surface area (Å²) in [5.41, 5.74) is 5.39. The maximum Gasteiger partial charge on any atom is 0.305 e. The number of ether oxygens (including phenoxy) is 2. The number of nitrogens with two attached hydrogens (primary N) is 1. The van der Waals surface area contributed by atoms with Gasteiger partial charge in [-0.1, -0.05) is 34.9 Å². The number of carbonyl (C=O) groups excluding carboxylic acids is 2. The van der Waals surface area contributed by atoms with Gasteiger partial charge >= 0.3 is 11.9 Å². The Hall–Kier alpha value is -0.400. The van der Waals surface area contributed by atoms with Crippen LogP contribution >= 0.6 is 21.6 Å². The van der Waals surface area contributed by atoms with Crippen molar-refractivity contribution in [1.82, 2.24) is 0 Å². The first-order valence-electron chi connectivity index (χ1n) is 7.46. The van der Waals surface area contributed by atoms with Crippen LogP contribution in [0.3, 0.4) is 0 Å². The van der Waals surface area contributed by atoms with Gasteiger partial charge in [0.25, 0.3) is 0 Å². The van der Waals surface area contributed by atoms with Crippen molar-refractivity contribution in [2.45, 2.75) is 45.4 Å². The molecule has 0 aliphatic rings. The highest BCUT2D eigenvalue weighted by molar-refractivity contribution is 8.76. The monoisotopic (exact) mass is 337 g/mol. The molecule has 0 spiro atoms. The topological polar surface area (TPSA) is 78.6 Å². The molecule has 0 aliphatic carbocycles. The summed E-state index contributed by atoms with van der Waals surface area (Å²) in [5.74, 6) is 1.71. The van der Waals surface area contributed by atoms with Gasteiger partial charge in [0, 0.05) is 37.3 Å². The zero-order valence-electron chi connectivity index (χ0n) is 12.8. The van der Waals surface area contributed by atoms with Crippen LogP contribution in [-0.2, 0) is 19.1 Å². The first kappa shape index (κ1) is 20.6. The maximum atomic E-state index is 11.4. The van der Waals surface area contributed by atoms with E-state index >= 15 is 0 Å². The van der Waals surface area contributed by atoms with E-state index in [2.05, 4.69) is 0 Å². The molecular weight excluding hydrogens is 310 g/mol. The van der Waals surface area contributed by atoms with Gasteiger partial charge in [-0.15, -0.1) is 0 Å². The Balaban J connectivity index is 3.22. The van der Waals surface area contributed by atoms with E-state index in [1.165, 1.54) is 0 Å². The molecule has 0 atom stereocenters. The lowest BCUT2D eigenvalue weighted by atomic mass is 10.2.